The summed E-state index contributed by atoms with van der Waals surface area (Å²) in [7, 11) is 1.49. The van der Waals surface area contributed by atoms with E-state index in [1.807, 2.05) is 12.1 Å². The molecule has 118 valence electrons. The fourth-order valence-electron chi connectivity index (χ4n) is 2.00. The van der Waals surface area contributed by atoms with E-state index in [9.17, 15) is 9.90 Å². The van der Waals surface area contributed by atoms with Crippen LogP contribution in [0.25, 0.3) is 11.4 Å². The number of H-pyrrole nitrogens is 1. The Morgan fingerprint density at radius 1 is 1.55 bits per heavy atom. The molecule has 6 nitrogen and oxygen atoms in total. The van der Waals surface area contributed by atoms with Gasteiger partial charge < -0.3 is 20.1 Å². The second-order valence-corrected chi connectivity index (χ2v) is 5.32. The van der Waals surface area contributed by atoms with Gasteiger partial charge in [-0.2, -0.15) is 0 Å². The van der Waals surface area contributed by atoms with Gasteiger partial charge >= 0.3 is 0 Å². The summed E-state index contributed by atoms with van der Waals surface area (Å²) in [5.74, 6) is 0.222. The van der Waals surface area contributed by atoms with E-state index in [0.717, 1.165) is 5.56 Å². The highest BCUT2D eigenvalue weighted by Gasteiger charge is 2.16. The first kappa shape index (κ1) is 16.5. The van der Waals surface area contributed by atoms with Crippen LogP contribution in [0.2, 0.25) is 5.02 Å². The van der Waals surface area contributed by atoms with Crippen molar-refractivity contribution in [3.05, 3.63) is 40.7 Å². The fourth-order valence-corrected chi connectivity index (χ4v) is 2.19. The van der Waals surface area contributed by atoms with Crippen molar-refractivity contribution < 1.29 is 14.6 Å². The Morgan fingerprint density at radius 3 is 3.00 bits per heavy atom. The van der Waals surface area contributed by atoms with Crippen molar-refractivity contribution >= 4 is 17.5 Å². The van der Waals surface area contributed by atoms with Crippen LogP contribution in [-0.2, 0) is 4.74 Å². The maximum Gasteiger partial charge on any atom is 0.271 e. The van der Waals surface area contributed by atoms with E-state index >= 15 is 0 Å². The van der Waals surface area contributed by atoms with Crippen molar-refractivity contribution in [1.29, 1.82) is 0 Å². The van der Waals surface area contributed by atoms with E-state index in [0.29, 0.717) is 22.2 Å². The van der Waals surface area contributed by atoms with Gasteiger partial charge in [-0.15, -0.1) is 0 Å². The molecular formula is C15H18ClN3O3. The molecule has 0 radical (unpaired) electrons. The molecule has 0 saturated heterocycles. The highest BCUT2D eigenvalue weighted by Crippen LogP contribution is 2.21. The molecule has 22 heavy (non-hydrogen) atoms. The van der Waals surface area contributed by atoms with E-state index in [-0.39, 0.29) is 19.1 Å². The van der Waals surface area contributed by atoms with Gasteiger partial charge in [-0.1, -0.05) is 23.7 Å². The van der Waals surface area contributed by atoms with Crippen molar-refractivity contribution in [2.75, 3.05) is 20.3 Å². The molecule has 2 aromatic rings. The number of carbonyl (C=O) groups is 1. The highest BCUT2D eigenvalue weighted by atomic mass is 35.5. The van der Waals surface area contributed by atoms with Gasteiger partial charge in [-0.05, 0) is 19.1 Å². The van der Waals surface area contributed by atoms with Gasteiger partial charge in [0.15, 0.2) is 0 Å². The van der Waals surface area contributed by atoms with Crippen LogP contribution in [0.15, 0.2) is 24.3 Å². The number of methoxy groups -OCH3 is 1. The molecule has 0 aliphatic rings. The maximum atomic E-state index is 12.1. The molecule has 2 rings (SSSR count). The number of aromatic amines is 1. The number of benzene rings is 1. The highest BCUT2D eigenvalue weighted by molar-refractivity contribution is 6.30. The zero-order valence-electron chi connectivity index (χ0n) is 12.4. The Kier molecular flexibility index (Phi) is 5.54. The molecular weight excluding hydrogens is 306 g/mol. The number of aliphatic hydroxyl groups is 1. The fraction of sp³-hybridized carbons (Fsp3) is 0.333. The molecule has 0 aliphatic heterocycles. The largest absolute Gasteiger partial charge is 0.389 e. The molecule has 1 unspecified atom stereocenters. The van der Waals surface area contributed by atoms with Gasteiger partial charge in [0.25, 0.3) is 5.91 Å². The molecule has 1 aromatic heterocycles. The molecule has 0 spiro atoms. The standard InChI is InChI=1S/C15H18ClN3O3/c1-9-13(15(21)17-7-12(20)8-22-2)19-14(18-9)10-4-3-5-11(16)6-10/h3-6,12,20H,7-8H2,1-2H3,(H,17,21)(H,18,19). The topological polar surface area (TPSA) is 87.2 Å². The van der Waals surface area contributed by atoms with E-state index in [1.165, 1.54) is 7.11 Å². The minimum absolute atomic E-state index is 0.103. The van der Waals surface area contributed by atoms with Crippen LogP contribution < -0.4 is 5.32 Å². The van der Waals surface area contributed by atoms with Crippen LogP contribution in [-0.4, -0.2) is 47.3 Å². The van der Waals surface area contributed by atoms with E-state index < -0.39 is 6.10 Å². The lowest BCUT2D eigenvalue weighted by molar-refractivity contribution is 0.0608. The number of hydrogen-bond acceptors (Lipinski definition) is 4. The quantitative estimate of drug-likeness (QED) is 0.756. The third-order valence-corrected chi connectivity index (χ3v) is 3.29. The Hall–Kier alpha value is -1.89. The van der Waals surface area contributed by atoms with Crippen molar-refractivity contribution in [2.45, 2.75) is 13.0 Å². The van der Waals surface area contributed by atoms with Gasteiger partial charge in [0.2, 0.25) is 0 Å². The second kappa shape index (κ2) is 7.40. The molecule has 0 fully saturated rings. The first-order valence-corrected chi connectivity index (χ1v) is 7.16. The molecule has 1 atom stereocenters. The monoisotopic (exact) mass is 323 g/mol. The summed E-state index contributed by atoms with van der Waals surface area (Å²) in [6, 6.07) is 7.21. The number of halogens is 1. The van der Waals surface area contributed by atoms with Crippen molar-refractivity contribution in [1.82, 2.24) is 15.3 Å². The number of aliphatic hydroxyl groups excluding tert-OH is 1. The van der Waals surface area contributed by atoms with Crippen molar-refractivity contribution in [3.8, 4) is 11.4 Å². The Balaban J connectivity index is 2.11. The number of rotatable bonds is 6. The first-order valence-electron chi connectivity index (χ1n) is 6.79. The van der Waals surface area contributed by atoms with Crippen LogP contribution in [0.1, 0.15) is 16.2 Å². The number of ether oxygens (including phenoxy) is 1. The molecule has 1 aromatic carbocycles. The van der Waals surface area contributed by atoms with E-state index in [2.05, 4.69) is 15.3 Å². The number of amides is 1. The molecule has 0 saturated carbocycles. The second-order valence-electron chi connectivity index (χ2n) is 4.89. The SMILES string of the molecule is COCC(O)CNC(=O)c1nc(-c2cccc(Cl)c2)[nH]c1C. The number of nitrogens with zero attached hydrogens (tertiary/aromatic N) is 1. The number of hydrogen-bond donors (Lipinski definition) is 3. The van der Waals surface area contributed by atoms with Gasteiger partial charge in [0.1, 0.15) is 11.5 Å². The van der Waals surface area contributed by atoms with Crippen LogP contribution in [0, 0.1) is 6.92 Å². The lowest BCUT2D eigenvalue weighted by Crippen LogP contribution is -2.34. The third-order valence-electron chi connectivity index (χ3n) is 3.06. The molecule has 0 bridgehead atoms. The average molecular weight is 324 g/mol. The van der Waals surface area contributed by atoms with Gasteiger partial charge in [-0.25, -0.2) is 4.98 Å². The zero-order chi connectivity index (χ0) is 16.1. The number of carbonyl (C=O) groups excluding carboxylic acids is 1. The number of aromatic nitrogens is 2. The normalized spacial score (nSPS) is 12.2. The lowest BCUT2D eigenvalue weighted by Gasteiger charge is -2.09. The van der Waals surface area contributed by atoms with Crippen molar-refractivity contribution in [2.24, 2.45) is 0 Å². The number of aryl methyl sites for hydroxylation is 1. The summed E-state index contributed by atoms with van der Waals surface area (Å²) in [6.07, 6.45) is -0.749. The van der Waals surface area contributed by atoms with E-state index in [4.69, 9.17) is 16.3 Å². The summed E-state index contributed by atoms with van der Waals surface area (Å²) in [5.41, 5.74) is 1.74. The van der Waals surface area contributed by atoms with Crippen LogP contribution in [0.4, 0.5) is 0 Å². The minimum Gasteiger partial charge on any atom is -0.389 e. The Labute approximate surface area is 133 Å². The number of nitrogens with one attached hydrogen (secondary N) is 2. The summed E-state index contributed by atoms with van der Waals surface area (Å²) in [6.45, 7) is 2.03. The zero-order valence-corrected chi connectivity index (χ0v) is 13.1. The molecule has 0 aliphatic carbocycles. The maximum absolute atomic E-state index is 12.1. The van der Waals surface area contributed by atoms with Crippen LogP contribution >= 0.6 is 11.6 Å². The minimum atomic E-state index is -0.749. The smallest absolute Gasteiger partial charge is 0.271 e. The predicted octanol–water partition coefficient (Wildman–Crippen LogP) is 1.78. The van der Waals surface area contributed by atoms with E-state index in [1.54, 1.807) is 19.1 Å². The van der Waals surface area contributed by atoms with Crippen LogP contribution in [0.3, 0.4) is 0 Å². The van der Waals surface area contributed by atoms with Gasteiger partial charge in [0, 0.05) is 29.9 Å². The molecule has 7 heteroatoms. The Morgan fingerprint density at radius 2 is 2.32 bits per heavy atom. The van der Waals surface area contributed by atoms with Gasteiger partial charge in [0.05, 0.1) is 12.7 Å². The first-order chi connectivity index (χ1) is 10.5. The third kappa shape index (κ3) is 4.07. The molecule has 3 N–H and O–H groups in total. The summed E-state index contributed by atoms with van der Waals surface area (Å²) >= 11 is 5.96. The molecule has 1 amide bonds. The Bertz CT molecular complexity index is 657. The molecule has 1 heterocycles. The van der Waals surface area contributed by atoms with Crippen LogP contribution in [0.5, 0.6) is 0 Å². The predicted molar refractivity (Wildman–Crippen MR) is 84.0 cm³/mol. The average Bonchev–Trinajstić information content (AvgIpc) is 2.87. The number of imidazole rings is 1. The lowest BCUT2D eigenvalue weighted by atomic mass is 10.2. The summed E-state index contributed by atoms with van der Waals surface area (Å²) < 4.78 is 4.80. The summed E-state index contributed by atoms with van der Waals surface area (Å²) in [5, 5.41) is 12.8. The van der Waals surface area contributed by atoms with Crippen molar-refractivity contribution in [3.63, 3.8) is 0 Å². The van der Waals surface area contributed by atoms with Gasteiger partial charge in [-0.3, -0.25) is 4.79 Å². The summed E-state index contributed by atoms with van der Waals surface area (Å²) in [4.78, 5) is 19.5.